The van der Waals surface area contributed by atoms with Crippen LogP contribution in [0.4, 0.5) is 0 Å². The average Bonchev–Trinajstić information content (AvgIpc) is 2.43. The van der Waals surface area contributed by atoms with Gasteiger partial charge in [0.1, 0.15) is 17.7 Å². The molecule has 0 fully saturated rings. The molecule has 0 aliphatic rings. The Balaban J connectivity index is 3.17. The topological polar surface area (TPSA) is 156 Å². The summed E-state index contributed by atoms with van der Waals surface area (Å²) in [5.74, 6) is -1.95. The van der Waals surface area contributed by atoms with Crippen LogP contribution in [-0.2, 0) is 0 Å². The van der Waals surface area contributed by atoms with Crippen molar-refractivity contribution in [1.82, 2.24) is 0 Å². The zero-order valence-corrected chi connectivity index (χ0v) is 10.0. The zero-order valence-electron chi connectivity index (χ0n) is 10.0. The lowest BCUT2D eigenvalue weighted by molar-refractivity contribution is 0.368. The van der Waals surface area contributed by atoms with Crippen molar-refractivity contribution in [2.24, 2.45) is 0 Å². The molecule has 0 unspecified atom stereocenters. The summed E-state index contributed by atoms with van der Waals surface area (Å²) in [6.07, 6.45) is -0.309. The van der Waals surface area contributed by atoms with Gasteiger partial charge in [0.2, 0.25) is 0 Å². The second kappa shape index (κ2) is 5.90. The fraction of sp³-hybridized carbons (Fsp3) is 0.0769. The second-order valence-electron chi connectivity index (χ2n) is 3.71. The molecule has 0 amide bonds. The van der Waals surface area contributed by atoms with Crippen molar-refractivity contribution in [1.29, 1.82) is 21.2 Å². The van der Waals surface area contributed by atoms with Gasteiger partial charge in [0.25, 0.3) is 0 Å². The molecule has 0 radical (unpaired) electrons. The summed E-state index contributed by atoms with van der Waals surface area (Å²) in [4.78, 5) is 0. The summed E-state index contributed by atoms with van der Waals surface area (Å²) in [5, 5.41) is 61.8. The molecule has 0 spiro atoms. The van der Waals surface area contributed by atoms with Crippen LogP contribution in [0.15, 0.2) is 23.3 Å². The summed E-state index contributed by atoms with van der Waals surface area (Å²) >= 11 is 0. The lowest BCUT2D eigenvalue weighted by Gasteiger charge is -2.07. The Morgan fingerprint density at radius 2 is 1.50 bits per heavy atom. The van der Waals surface area contributed by atoms with Crippen molar-refractivity contribution in [3.8, 4) is 35.5 Å². The first-order valence-electron chi connectivity index (χ1n) is 5.20. The third-order valence-corrected chi connectivity index (χ3v) is 2.43. The van der Waals surface area contributed by atoms with Crippen LogP contribution in [0, 0.1) is 39.4 Å². The molecule has 0 aliphatic heterocycles. The smallest absolute Gasteiger partial charge is 0.200 e. The number of aromatic hydroxyl groups is 3. The molecule has 4 N–H and O–H groups in total. The number of nitrogens with zero attached hydrogens (tertiary/aromatic N) is 3. The Labute approximate surface area is 114 Å². The number of hydrogen-bond acceptors (Lipinski definition) is 7. The molecule has 1 aromatic carbocycles. The summed E-state index contributed by atoms with van der Waals surface area (Å²) < 4.78 is 0. The van der Waals surface area contributed by atoms with Gasteiger partial charge in [0.15, 0.2) is 17.2 Å². The van der Waals surface area contributed by atoms with Crippen LogP contribution < -0.4 is 0 Å². The number of hydrogen-bond donors (Lipinski definition) is 4. The van der Waals surface area contributed by atoms with Crippen molar-refractivity contribution in [3.05, 3.63) is 28.8 Å². The SMILES string of the molecule is N#CC(C#N)=C(C#N)CC(=N)c1cc(O)c(O)c(O)c1. The first-order chi connectivity index (χ1) is 9.44. The molecular weight excluding hydrogens is 260 g/mol. The van der Waals surface area contributed by atoms with Crippen molar-refractivity contribution in [3.63, 3.8) is 0 Å². The van der Waals surface area contributed by atoms with Gasteiger partial charge >= 0.3 is 0 Å². The van der Waals surface area contributed by atoms with Gasteiger partial charge in [0.05, 0.1) is 11.6 Å². The van der Waals surface area contributed by atoms with Gasteiger partial charge in [-0.1, -0.05) is 0 Å². The fourth-order valence-corrected chi connectivity index (χ4v) is 1.40. The lowest BCUT2D eigenvalue weighted by atomic mass is 9.99. The number of nitriles is 3. The van der Waals surface area contributed by atoms with Crippen LogP contribution in [-0.4, -0.2) is 21.0 Å². The molecule has 0 atom stereocenters. The maximum absolute atomic E-state index is 9.33. The Bertz CT molecular complexity index is 690. The minimum atomic E-state index is -0.715. The van der Waals surface area contributed by atoms with Crippen molar-refractivity contribution in [2.75, 3.05) is 0 Å². The molecule has 0 saturated carbocycles. The minimum Gasteiger partial charge on any atom is -0.504 e. The predicted molar refractivity (Wildman–Crippen MR) is 66.7 cm³/mol. The normalized spacial score (nSPS) is 8.85. The highest BCUT2D eigenvalue weighted by atomic mass is 16.3. The highest BCUT2D eigenvalue weighted by Gasteiger charge is 2.14. The summed E-state index contributed by atoms with van der Waals surface area (Å²) in [6, 6.07) is 6.83. The van der Waals surface area contributed by atoms with E-state index in [-0.39, 0.29) is 23.3 Å². The third-order valence-electron chi connectivity index (χ3n) is 2.43. The van der Waals surface area contributed by atoms with E-state index >= 15 is 0 Å². The molecule has 0 bridgehead atoms. The lowest BCUT2D eigenvalue weighted by Crippen LogP contribution is -2.02. The van der Waals surface area contributed by atoms with Crippen LogP contribution in [0.2, 0.25) is 0 Å². The van der Waals surface area contributed by atoms with E-state index in [4.69, 9.17) is 21.2 Å². The van der Waals surface area contributed by atoms with Crippen LogP contribution in [0.1, 0.15) is 12.0 Å². The predicted octanol–water partition coefficient (Wildman–Crippen LogP) is 1.43. The van der Waals surface area contributed by atoms with Crippen molar-refractivity contribution < 1.29 is 15.3 Å². The van der Waals surface area contributed by atoms with E-state index in [1.165, 1.54) is 0 Å². The first-order valence-corrected chi connectivity index (χ1v) is 5.20. The van der Waals surface area contributed by atoms with E-state index in [2.05, 4.69) is 0 Å². The molecular formula is C13H8N4O3. The molecule has 0 aliphatic carbocycles. The van der Waals surface area contributed by atoms with Gasteiger partial charge in [-0.05, 0) is 12.1 Å². The van der Waals surface area contributed by atoms with E-state index in [1.54, 1.807) is 18.2 Å². The number of phenolic OH excluding ortho intramolecular Hbond substituents is 3. The van der Waals surface area contributed by atoms with E-state index in [0.29, 0.717) is 0 Å². The maximum atomic E-state index is 9.33. The van der Waals surface area contributed by atoms with Crippen molar-refractivity contribution in [2.45, 2.75) is 6.42 Å². The Kier molecular flexibility index (Phi) is 4.30. The molecule has 1 aromatic rings. The molecule has 20 heavy (non-hydrogen) atoms. The van der Waals surface area contributed by atoms with E-state index in [1.807, 2.05) is 0 Å². The van der Waals surface area contributed by atoms with Gasteiger partial charge < -0.3 is 20.7 Å². The molecule has 0 saturated heterocycles. The molecule has 7 nitrogen and oxygen atoms in total. The molecule has 7 heteroatoms. The summed E-state index contributed by atoms with van der Waals surface area (Å²) in [7, 11) is 0. The quantitative estimate of drug-likeness (QED) is 0.369. The van der Waals surface area contributed by atoms with Gasteiger partial charge in [-0.15, -0.1) is 0 Å². The number of benzene rings is 1. The first kappa shape index (κ1) is 14.6. The number of allylic oxidation sites excluding steroid dienone is 2. The minimum absolute atomic E-state index is 0.0563. The van der Waals surface area contributed by atoms with E-state index in [9.17, 15) is 15.3 Å². The highest BCUT2D eigenvalue weighted by Crippen LogP contribution is 2.35. The van der Waals surface area contributed by atoms with Crippen LogP contribution in [0.5, 0.6) is 17.2 Å². The van der Waals surface area contributed by atoms with Gasteiger partial charge in [-0.25, -0.2) is 0 Å². The Morgan fingerprint density at radius 3 is 1.90 bits per heavy atom. The monoisotopic (exact) mass is 268 g/mol. The maximum Gasteiger partial charge on any atom is 0.200 e. The number of nitrogens with one attached hydrogen (secondary N) is 1. The van der Waals surface area contributed by atoms with Crippen molar-refractivity contribution >= 4 is 5.71 Å². The Morgan fingerprint density at radius 1 is 1.00 bits per heavy atom. The van der Waals surface area contributed by atoms with Gasteiger partial charge in [-0.2, -0.15) is 15.8 Å². The number of rotatable bonds is 3. The Hall–Kier alpha value is -3.50. The largest absolute Gasteiger partial charge is 0.504 e. The summed E-state index contributed by atoms with van der Waals surface area (Å²) in [5.41, 5.74) is -0.729. The summed E-state index contributed by atoms with van der Waals surface area (Å²) in [6.45, 7) is 0. The van der Waals surface area contributed by atoms with Gasteiger partial charge in [0, 0.05) is 17.7 Å². The fourth-order valence-electron chi connectivity index (χ4n) is 1.40. The molecule has 0 aromatic heterocycles. The highest BCUT2D eigenvalue weighted by molar-refractivity contribution is 6.01. The van der Waals surface area contributed by atoms with Crippen LogP contribution >= 0.6 is 0 Å². The van der Waals surface area contributed by atoms with E-state index < -0.39 is 22.8 Å². The third kappa shape index (κ3) is 2.84. The van der Waals surface area contributed by atoms with Gasteiger partial charge in [-0.3, -0.25) is 0 Å². The second-order valence-corrected chi connectivity index (χ2v) is 3.71. The average molecular weight is 268 g/mol. The molecule has 0 heterocycles. The zero-order chi connectivity index (χ0) is 15.3. The van der Waals surface area contributed by atoms with E-state index in [0.717, 1.165) is 12.1 Å². The standard InChI is InChI=1S/C13H8N4O3/c14-4-8(9(5-15)6-16)1-10(17)7-2-11(18)13(20)12(19)3-7/h2-3,17-20H,1H2. The van der Waals surface area contributed by atoms with Crippen LogP contribution in [0.25, 0.3) is 0 Å². The molecule has 1 rings (SSSR count). The molecule has 98 valence electrons. The van der Waals surface area contributed by atoms with Crippen LogP contribution in [0.3, 0.4) is 0 Å². The number of phenols is 3.